The molecule has 0 bridgehead atoms. The topological polar surface area (TPSA) is 29.1 Å². The van der Waals surface area contributed by atoms with Gasteiger partial charge in [-0.25, -0.2) is 8.78 Å². The van der Waals surface area contributed by atoms with Crippen molar-refractivity contribution in [2.45, 2.75) is 39.7 Å². The van der Waals surface area contributed by atoms with E-state index in [2.05, 4.69) is 11.4 Å². The Hall–Kier alpha value is -2.23. The van der Waals surface area contributed by atoms with Crippen molar-refractivity contribution < 1.29 is 13.6 Å². The molecule has 1 N–H and O–H groups in total. The molecule has 0 aliphatic heterocycles. The van der Waals surface area contributed by atoms with E-state index in [4.69, 9.17) is 0 Å². The van der Waals surface area contributed by atoms with Crippen LogP contribution in [0.4, 0.5) is 8.78 Å². The first-order valence-corrected chi connectivity index (χ1v) is 7.67. The summed E-state index contributed by atoms with van der Waals surface area (Å²) in [5, 5.41) is 2.82. The molecule has 0 saturated heterocycles. The number of hydrogen-bond acceptors (Lipinski definition) is 1. The third kappa shape index (κ3) is 4.62. The van der Waals surface area contributed by atoms with Crippen LogP contribution in [-0.2, 0) is 11.2 Å². The number of rotatable bonds is 5. The quantitative estimate of drug-likeness (QED) is 0.870. The molecule has 0 aliphatic carbocycles. The van der Waals surface area contributed by atoms with E-state index in [1.54, 1.807) is 6.92 Å². The summed E-state index contributed by atoms with van der Waals surface area (Å²) in [4.78, 5) is 12.1. The molecule has 0 unspecified atom stereocenters. The Morgan fingerprint density at radius 1 is 1.09 bits per heavy atom. The van der Waals surface area contributed by atoms with E-state index in [9.17, 15) is 13.6 Å². The van der Waals surface area contributed by atoms with Gasteiger partial charge in [0.15, 0.2) is 11.6 Å². The number of benzene rings is 2. The van der Waals surface area contributed by atoms with E-state index in [1.807, 2.05) is 26.0 Å². The molecule has 2 rings (SSSR count). The zero-order valence-corrected chi connectivity index (χ0v) is 13.6. The second-order valence-electron chi connectivity index (χ2n) is 5.89. The van der Waals surface area contributed by atoms with E-state index in [1.165, 1.54) is 17.2 Å². The Kier molecular flexibility index (Phi) is 5.48. The highest BCUT2D eigenvalue weighted by atomic mass is 19.2. The van der Waals surface area contributed by atoms with E-state index in [0.29, 0.717) is 18.4 Å². The van der Waals surface area contributed by atoms with Gasteiger partial charge in [-0.1, -0.05) is 29.8 Å². The van der Waals surface area contributed by atoms with Crippen molar-refractivity contribution in [1.82, 2.24) is 5.32 Å². The van der Waals surface area contributed by atoms with Crippen molar-refractivity contribution in [2.75, 3.05) is 0 Å². The van der Waals surface area contributed by atoms with Crippen molar-refractivity contribution in [3.8, 4) is 0 Å². The van der Waals surface area contributed by atoms with Crippen LogP contribution in [0.15, 0.2) is 36.4 Å². The molecule has 0 saturated carbocycles. The molecule has 2 nitrogen and oxygen atoms in total. The zero-order valence-electron chi connectivity index (χ0n) is 13.6. The minimum absolute atomic E-state index is 0.109. The smallest absolute Gasteiger partial charge is 0.220 e. The molecule has 2 aromatic rings. The number of halogens is 2. The number of nitrogens with one attached hydrogen (secondary N) is 1. The third-order valence-electron chi connectivity index (χ3n) is 3.94. The fraction of sp³-hybridized carbons (Fsp3) is 0.316. The Labute approximate surface area is 135 Å². The normalized spacial score (nSPS) is 12.0. The maximum atomic E-state index is 13.2. The minimum atomic E-state index is -0.904. The van der Waals surface area contributed by atoms with Gasteiger partial charge in [-0.15, -0.1) is 0 Å². The van der Waals surface area contributed by atoms with Gasteiger partial charge in [0.05, 0.1) is 6.04 Å². The van der Waals surface area contributed by atoms with Crippen LogP contribution in [-0.4, -0.2) is 5.91 Å². The van der Waals surface area contributed by atoms with Crippen LogP contribution in [0.2, 0.25) is 0 Å². The van der Waals surface area contributed by atoms with Crippen LogP contribution in [0.5, 0.6) is 0 Å². The van der Waals surface area contributed by atoms with Crippen LogP contribution in [0.3, 0.4) is 0 Å². The van der Waals surface area contributed by atoms with Crippen molar-refractivity contribution >= 4 is 5.91 Å². The Bertz CT molecular complexity index is 713. The molecule has 0 radical (unpaired) electrons. The van der Waals surface area contributed by atoms with Crippen LogP contribution in [0, 0.1) is 25.5 Å². The summed E-state index contributed by atoms with van der Waals surface area (Å²) in [6.45, 7) is 5.82. The van der Waals surface area contributed by atoms with Gasteiger partial charge in [-0.3, -0.25) is 4.79 Å². The van der Waals surface area contributed by atoms with Gasteiger partial charge in [0.1, 0.15) is 0 Å². The predicted molar refractivity (Wildman–Crippen MR) is 87.2 cm³/mol. The van der Waals surface area contributed by atoms with E-state index in [0.717, 1.165) is 17.7 Å². The Morgan fingerprint density at radius 2 is 1.83 bits per heavy atom. The summed E-state index contributed by atoms with van der Waals surface area (Å²) in [6.07, 6.45) is 1.01. The van der Waals surface area contributed by atoms with Crippen molar-refractivity contribution in [3.63, 3.8) is 0 Å². The van der Waals surface area contributed by atoms with Gasteiger partial charge in [0, 0.05) is 6.42 Å². The zero-order chi connectivity index (χ0) is 17.0. The lowest BCUT2D eigenvalue weighted by molar-refractivity contribution is -0.121. The van der Waals surface area contributed by atoms with Crippen LogP contribution >= 0.6 is 0 Å². The van der Waals surface area contributed by atoms with Gasteiger partial charge < -0.3 is 5.32 Å². The highest BCUT2D eigenvalue weighted by Gasteiger charge is 2.12. The molecule has 1 amide bonds. The highest BCUT2D eigenvalue weighted by molar-refractivity contribution is 5.76. The maximum absolute atomic E-state index is 13.2. The van der Waals surface area contributed by atoms with Gasteiger partial charge in [-0.2, -0.15) is 0 Å². The van der Waals surface area contributed by atoms with Crippen molar-refractivity contribution in [3.05, 3.63) is 70.3 Å². The molecule has 0 aliphatic rings. The highest BCUT2D eigenvalue weighted by Crippen LogP contribution is 2.17. The summed E-state index contributed by atoms with van der Waals surface area (Å²) >= 11 is 0. The first kappa shape index (κ1) is 17.1. The Morgan fingerprint density at radius 3 is 2.48 bits per heavy atom. The SMILES string of the molecule is Cc1ccc(CCC(=O)N[C@H](C)c2ccc(F)c(F)c2)c(C)c1. The van der Waals surface area contributed by atoms with E-state index < -0.39 is 11.6 Å². The van der Waals surface area contributed by atoms with Gasteiger partial charge >= 0.3 is 0 Å². The number of hydrogen-bond donors (Lipinski definition) is 1. The third-order valence-corrected chi connectivity index (χ3v) is 3.94. The van der Waals surface area contributed by atoms with Crippen LogP contribution in [0.1, 0.15) is 41.6 Å². The molecule has 4 heteroatoms. The Balaban J connectivity index is 1.92. The largest absolute Gasteiger partial charge is 0.350 e. The van der Waals surface area contributed by atoms with Crippen LogP contribution in [0.25, 0.3) is 0 Å². The lowest BCUT2D eigenvalue weighted by Gasteiger charge is -2.15. The van der Waals surface area contributed by atoms with E-state index >= 15 is 0 Å². The number of aryl methyl sites for hydroxylation is 3. The standard InChI is InChI=1S/C19H21F2NO/c1-12-4-5-15(13(2)10-12)7-9-19(23)22-14(3)16-6-8-17(20)18(21)11-16/h4-6,8,10-11,14H,7,9H2,1-3H3,(H,22,23)/t14-/m1/s1. The molecular formula is C19H21F2NO. The average Bonchev–Trinajstić information content (AvgIpc) is 2.49. The van der Waals surface area contributed by atoms with E-state index in [-0.39, 0.29) is 11.9 Å². The molecule has 122 valence electrons. The molecule has 0 heterocycles. The van der Waals surface area contributed by atoms with Crippen molar-refractivity contribution in [1.29, 1.82) is 0 Å². The fourth-order valence-electron chi connectivity index (χ4n) is 2.55. The molecule has 0 fully saturated rings. The maximum Gasteiger partial charge on any atom is 0.220 e. The summed E-state index contributed by atoms with van der Waals surface area (Å²) in [5.74, 6) is -1.90. The summed E-state index contributed by atoms with van der Waals surface area (Å²) in [6, 6.07) is 9.47. The molecule has 2 aromatic carbocycles. The molecule has 0 aromatic heterocycles. The second kappa shape index (κ2) is 7.36. The molecular weight excluding hydrogens is 296 g/mol. The first-order chi connectivity index (χ1) is 10.9. The minimum Gasteiger partial charge on any atom is -0.350 e. The second-order valence-corrected chi connectivity index (χ2v) is 5.89. The van der Waals surface area contributed by atoms with Crippen molar-refractivity contribution in [2.24, 2.45) is 0 Å². The molecule has 23 heavy (non-hydrogen) atoms. The molecule has 0 spiro atoms. The number of carbonyl (C=O) groups is 1. The first-order valence-electron chi connectivity index (χ1n) is 7.67. The number of amides is 1. The monoisotopic (exact) mass is 317 g/mol. The lowest BCUT2D eigenvalue weighted by atomic mass is 10.0. The predicted octanol–water partition coefficient (Wildman–Crippen LogP) is 4.39. The average molecular weight is 317 g/mol. The van der Waals surface area contributed by atoms with Crippen LogP contribution < -0.4 is 5.32 Å². The summed E-state index contributed by atoms with van der Waals surface area (Å²) in [5.41, 5.74) is 4.06. The van der Waals surface area contributed by atoms with Gasteiger partial charge in [0.25, 0.3) is 0 Å². The number of carbonyl (C=O) groups excluding carboxylic acids is 1. The van der Waals surface area contributed by atoms with Gasteiger partial charge in [-0.05, 0) is 56.0 Å². The summed E-state index contributed by atoms with van der Waals surface area (Å²) in [7, 11) is 0. The van der Waals surface area contributed by atoms with Gasteiger partial charge in [0.2, 0.25) is 5.91 Å². The molecule has 1 atom stereocenters. The fourth-order valence-corrected chi connectivity index (χ4v) is 2.55. The summed E-state index contributed by atoms with van der Waals surface area (Å²) < 4.78 is 26.2. The lowest BCUT2D eigenvalue weighted by Crippen LogP contribution is -2.27.